The SMILES string of the molecule is COc1cc(NC(=S)NC(=O)c2cc(Cl)ccc2Cl)ccc1NC(=O)c1cccs1. The van der Waals surface area contributed by atoms with Crippen LogP contribution in [0.4, 0.5) is 11.4 Å². The molecular formula is C20H15Cl2N3O3S2. The average molecular weight is 480 g/mol. The van der Waals surface area contributed by atoms with Crippen LogP contribution in [0.1, 0.15) is 20.0 Å². The van der Waals surface area contributed by atoms with Crippen molar-refractivity contribution in [2.45, 2.75) is 0 Å². The minimum atomic E-state index is -0.494. The van der Waals surface area contributed by atoms with Crippen LogP contribution >= 0.6 is 46.8 Å². The predicted molar refractivity (Wildman–Crippen MR) is 125 cm³/mol. The summed E-state index contributed by atoms with van der Waals surface area (Å²) in [6.07, 6.45) is 0. The number of carbonyl (C=O) groups excluding carboxylic acids is 2. The highest BCUT2D eigenvalue weighted by Gasteiger charge is 2.14. The zero-order valence-electron chi connectivity index (χ0n) is 15.5. The van der Waals surface area contributed by atoms with Crippen molar-refractivity contribution in [1.29, 1.82) is 0 Å². The molecule has 1 aromatic heterocycles. The monoisotopic (exact) mass is 479 g/mol. The van der Waals surface area contributed by atoms with Crippen molar-refractivity contribution < 1.29 is 14.3 Å². The Balaban J connectivity index is 1.67. The Kier molecular flexibility index (Phi) is 7.28. The van der Waals surface area contributed by atoms with Crippen molar-refractivity contribution in [2.75, 3.05) is 17.7 Å². The highest BCUT2D eigenvalue weighted by molar-refractivity contribution is 7.80. The molecule has 3 aromatic rings. The smallest absolute Gasteiger partial charge is 0.265 e. The summed E-state index contributed by atoms with van der Waals surface area (Å²) in [5, 5.41) is 10.8. The normalized spacial score (nSPS) is 10.2. The largest absolute Gasteiger partial charge is 0.494 e. The number of amides is 2. The first kappa shape index (κ1) is 22.0. The van der Waals surface area contributed by atoms with E-state index in [1.54, 1.807) is 36.4 Å². The van der Waals surface area contributed by atoms with E-state index in [0.29, 0.717) is 27.0 Å². The number of methoxy groups -OCH3 is 1. The van der Waals surface area contributed by atoms with Crippen LogP contribution in [0.5, 0.6) is 5.75 Å². The molecule has 0 saturated carbocycles. The van der Waals surface area contributed by atoms with Gasteiger partial charge in [-0.3, -0.25) is 14.9 Å². The molecule has 0 radical (unpaired) electrons. The lowest BCUT2D eigenvalue weighted by Gasteiger charge is -2.14. The molecule has 6 nitrogen and oxygen atoms in total. The molecule has 0 spiro atoms. The van der Waals surface area contributed by atoms with E-state index in [1.165, 1.54) is 30.6 Å². The zero-order valence-corrected chi connectivity index (χ0v) is 18.6. The summed E-state index contributed by atoms with van der Waals surface area (Å²) in [6, 6.07) is 13.1. The number of nitrogens with one attached hydrogen (secondary N) is 3. The van der Waals surface area contributed by atoms with Gasteiger partial charge in [0.15, 0.2) is 5.11 Å². The van der Waals surface area contributed by atoms with E-state index in [4.69, 9.17) is 40.2 Å². The highest BCUT2D eigenvalue weighted by atomic mass is 35.5. The molecule has 30 heavy (non-hydrogen) atoms. The van der Waals surface area contributed by atoms with Crippen LogP contribution in [0, 0.1) is 0 Å². The van der Waals surface area contributed by atoms with Crippen molar-refractivity contribution in [3.63, 3.8) is 0 Å². The van der Waals surface area contributed by atoms with Gasteiger partial charge in [-0.2, -0.15) is 0 Å². The van der Waals surface area contributed by atoms with Gasteiger partial charge in [0.25, 0.3) is 11.8 Å². The Labute approximate surface area is 192 Å². The molecule has 3 N–H and O–H groups in total. The summed E-state index contributed by atoms with van der Waals surface area (Å²) in [4.78, 5) is 25.2. The van der Waals surface area contributed by atoms with E-state index in [9.17, 15) is 9.59 Å². The Morgan fingerprint density at radius 2 is 1.83 bits per heavy atom. The molecule has 3 rings (SSSR count). The first-order chi connectivity index (χ1) is 14.4. The maximum absolute atomic E-state index is 12.4. The zero-order chi connectivity index (χ0) is 21.7. The fourth-order valence-corrected chi connectivity index (χ4v) is 3.67. The van der Waals surface area contributed by atoms with E-state index in [0.717, 1.165) is 0 Å². The molecule has 0 fully saturated rings. The maximum Gasteiger partial charge on any atom is 0.265 e. The van der Waals surface area contributed by atoms with E-state index in [1.807, 2.05) is 5.38 Å². The summed E-state index contributed by atoms with van der Waals surface area (Å²) in [6.45, 7) is 0. The summed E-state index contributed by atoms with van der Waals surface area (Å²) in [5.74, 6) is -0.297. The number of benzene rings is 2. The van der Waals surface area contributed by atoms with Crippen molar-refractivity contribution in [1.82, 2.24) is 5.32 Å². The van der Waals surface area contributed by atoms with Gasteiger partial charge in [0.2, 0.25) is 0 Å². The number of anilines is 2. The molecule has 0 bridgehead atoms. The minimum absolute atomic E-state index is 0.0634. The topological polar surface area (TPSA) is 79.5 Å². The molecule has 0 saturated heterocycles. The average Bonchev–Trinajstić information content (AvgIpc) is 3.25. The molecular weight excluding hydrogens is 465 g/mol. The van der Waals surface area contributed by atoms with E-state index in [-0.39, 0.29) is 21.6 Å². The number of ether oxygens (including phenoxy) is 1. The summed E-state index contributed by atoms with van der Waals surface area (Å²) >= 11 is 18.5. The van der Waals surface area contributed by atoms with Gasteiger partial charge in [0, 0.05) is 16.8 Å². The molecule has 0 aliphatic rings. The van der Waals surface area contributed by atoms with Crippen molar-refractivity contribution in [2.24, 2.45) is 0 Å². The third-order valence-electron chi connectivity index (χ3n) is 3.85. The van der Waals surface area contributed by atoms with Crippen LogP contribution in [0.2, 0.25) is 10.0 Å². The number of thiophene rings is 1. The van der Waals surface area contributed by atoms with Gasteiger partial charge < -0.3 is 15.4 Å². The number of hydrogen-bond acceptors (Lipinski definition) is 5. The van der Waals surface area contributed by atoms with Crippen LogP contribution in [-0.4, -0.2) is 24.0 Å². The number of rotatable bonds is 5. The lowest BCUT2D eigenvalue weighted by molar-refractivity contribution is 0.0976. The molecule has 1 heterocycles. The fraction of sp³-hybridized carbons (Fsp3) is 0.0500. The Bertz CT molecular complexity index is 1100. The third-order valence-corrected chi connectivity index (χ3v) is 5.49. The molecule has 2 amide bonds. The highest BCUT2D eigenvalue weighted by Crippen LogP contribution is 2.29. The maximum atomic E-state index is 12.4. The third kappa shape index (κ3) is 5.48. The summed E-state index contributed by atoms with van der Waals surface area (Å²) < 4.78 is 5.35. The number of thiocarbonyl (C=S) groups is 1. The standard InChI is InChI=1S/C20H15Cl2N3O3S2/c1-28-16-10-12(5-7-15(16)24-19(27)17-3-2-8-30-17)23-20(29)25-18(26)13-9-11(21)4-6-14(13)22/h2-10H,1H3,(H,24,27)(H2,23,25,26,29). The van der Waals surface area contributed by atoms with Gasteiger partial charge in [-0.05, 0) is 54.0 Å². The molecule has 0 unspecified atom stereocenters. The quantitative estimate of drug-likeness (QED) is 0.424. The molecule has 2 aromatic carbocycles. The van der Waals surface area contributed by atoms with Gasteiger partial charge in [0.05, 0.1) is 28.3 Å². The number of halogens is 2. The predicted octanol–water partition coefficient (Wildman–Crippen LogP) is 5.44. The van der Waals surface area contributed by atoms with E-state index >= 15 is 0 Å². The van der Waals surface area contributed by atoms with Crippen LogP contribution in [-0.2, 0) is 0 Å². The van der Waals surface area contributed by atoms with Gasteiger partial charge in [-0.25, -0.2) is 0 Å². The first-order valence-electron chi connectivity index (χ1n) is 8.47. The van der Waals surface area contributed by atoms with Crippen LogP contribution in [0.15, 0.2) is 53.9 Å². The van der Waals surface area contributed by atoms with Gasteiger partial charge >= 0.3 is 0 Å². The molecule has 0 aliphatic heterocycles. The molecule has 0 aliphatic carbocycles. The van der Waals surface area contributed by atoms with E-state index in [2.05, 4.69) is 16.0 Å². The second-order valence-electron chi connectivity index (χ2n) is 5.88. The second-order valence-corrected chi connectivity index (χ2v) is 8.08. The van der Waals surface area contributed by atoms with Gasteiger partial charge in [-0.15, -0.1) is 11.3 Å². The van der Waals surface area contributed by atoms with Crippen molar-refractivity contribution >= 4 is 75.1 Å². The molecule has 154 valence electrons. The number of hydrogen-bond donors (Lipinski definition) is 3. The Hall–Kier alpha value is -2.65. The first-order valence-corrected chi connectivity index (χ1v) is 10.5. The van der Waals surface area contributed by atoms with Crippen molar-refractivity contribution in [3.8, 4) is 5.75 Å². The Morgan fingerprint density at radius 3 is 2.53 bits per heavy atom. The fourth-order valence-electron chi connectivity index (χ4n) is 2.47. The van der Waals surface area contributed by atoms with Crippen LogP contribution in [0.3, 0.4) is 0 Å². The minimum Gasteiger partial charge on any atom is -0.494 e. The second kappa shape index (κ2) is 9.90. The van der Waals surface area contributed by atoms with E-state index < -0.39 is 5.91 Å². The Morgan fingerprint density at radius 1 is 1.03 bits per heavy atom. The van der Waals surface area contributed by atoms with Gasteiger partial charge in [-0.1, -0.05) is 29.3 Å². The van der Waals surface area contributed by atoms with Crippen LogP contribution in [0.25, 0.3) is 0 Å². The molecule has 0 atom stereocenters. The summed E-state index contributed by atoms with van der Waals surface area (Å²) in [5.41, 5.74) is 1.27. The number of carbonyl (C=O) groups is 2. The summed E-state index contributed by atoms with van der Waals surface area (Å²) in [7, 11) is 1.49. The van der Waals surface area contributed by atoms with Crippen molar-refractivity contribution in [3.05, 3.63) is 74.4 Å². The lowest BCUT2D eigenvalue weighted by Crippen LogP contribution is -2.34. The molecule has 10 heteroatoms. The lowest BCUT2D eigenvalue weighted by atomic mass is 10.2. The van der Waals surface area contributed by atoms with Crippen LogP contribution < -0.4 is 20.7 Å². The van der Waals surface area contributed by atoms with Gasteiger partial charge in [0.1, 0.15) is 5.75 Å².